The van der Waals surface area contributed by atoms with Crippen LogP contribution in [-0.4, -0.2) is 51.8 Å². The molecular weight excluding hydrogens is 170 g/mol. The Balaban J connectivity index is 0. The summed E-state index contributed by atoms with van der Waals surface area (Å²) in [7, 11) is 3.43. The maximum atomic E-state index is 8.95. The van der Waals surface area contributed by atoms with Crippen molar-refractivity contribution in [1.82, 2.24) is 4.90 Å². The zero-order chi connectivity index (χ0) is 10.5. The Morgan fingerprint density at radius 1 is 1.31 bits per heavy atom. The summed E-state index contributed by atoms with van der Waals surface area (Å²) in [4.78, 5) is 11.2. The van der Waals surface area contributed by atoms with Gasteiger partial charge in [0.2, 0.25) is 0 Å². The van der Waals surface area contributed by atoms with Crippen LogP contribution in [0, 0.1) is 0 Å². The minimum atomic E-state index is 0.375. The Bertz CT molecular complexity index is 92.9. The molecule has 0 atom stereocenters. The molecule has 1 heterocycles. The van der Waals surface area contributed by atoms with Gasteiger partial charge in [0.25, 0.3) is 6.47 Å². The van der Waals surface area contributed by atoms with Crippen LogP contribution in [0.3, 0.4) is 0 Å². The van der Waals surface area contributed by atoms with E-state index in [1.807, 2.05) is 13.8 Å². The van der Waals surface area contributed by atoms with Gasteiger partial charge in [-0.1, -0.05) is 13.8 Å². The molecule has 0 radical (unpaired) electrons. The highest BCUT2D eigenvalue weighted by Crippen LogP contribution is 1.89. The monoisotopic (exact) mass is 191 g/mol. The summed E-state index contributed by atoms with van der Waals surface area (Å²) in [6.45, 7) is 8.40. The van der Waals surface area contributed by atoms with Gasteiger partial charge in [0.15, 0.2) is 0 Å². The first-order valence-corrected chi connectivity index (χ1v) is 4.54. The summed E-state index contributed by atoms with van der Waals surface area (Å²) in [6.07, 6.45) is 0. The molecule has 0 aromatic heterocycles. The SMILES string of the molecule is CC.CN1CCOCC1.COC=O. The van der Waals surface area contributed by atoms with E-state index >= 15 is 0 Å². The van der Waals surface area contributed by atoms with Gasteiger partial charge >= 0.3 is 0 Å². The van der Waals surface area contributed by atoms with E-state index in [0.29, 0.717) is 6.47 Å². The van der Waals surface area contributed by atoms with Crippen molar-refractivity contribution in [2.24, 2.45) is 0 Å². The molecule has 0 aromatic rings. The molecule has 0 bridgehead atoms. The standard InChI is InChI=1S/C5H11NO.C2H4O2.C2H6/c1-6-2-4-7-5-3-6;1-4-2-3;1-2/h2-5H2,1H3;2H,1H3;1-2H3. The molecule has 0 spiro atoms. The van der Waals surface area contributed by atoms with Crippen LogP contribution in [0.25, 0.3) is 0 Å². The maximum Gasteiger partial charge on any atom is 0.292 e. The number of rotatable bonds is 1. The molecule has 4 heteroatoms. The minimum absolute atomic E-state index is 0.375. The molecule has 0 aliphatic carbocycles. The molecule has 1 aliphatic heterocycles. The van der Waals surface area contributed by atoms with E-state index < -0.39 is 0 Å². The first kappa shape index (κ1) is 14.9. The van der Waals surface area contributed by atoms with Gasteiger partial charge in [-0.2, -0.15) is 0 Å². The largest absolute Gasteiger partial charge is 0.471 e. The van der Waals surface area contributed by atoms with Gasteiger partial charge in [-0.05, 0) is 7.05 Å². The molecule has 1 aliphatic rings. The second-order valence-electron chi connectivity index (χ2n) is 2.25. The lowest BCUT2D eigenvalue weighted by molar-refractivity contribution is -0.126. The Kier molecular flexibility index (Phi) is 16.0. The third-order valence-electron chi connectivity index (χ3n) is 1.33. The van der Waals surface area contributed by atoms with Gasteiger partial charge in [0.1, 0.15) is 0 Å². The maximum absolute atomic E-state index is 8.95. The normalized spacial score (nSPS) is 15.7. The fourth-order valence-corrected chi connectivity index (χ4v) is 0.655. The summed E-state index contributed by atoms with van der Waals surface area (Å²) < 4.78 is 8.96. The third-order valence-corrected chi connectivity index (χ3v) is 1.33. The molecule has 1 saturated heterocycles. The lowest BCUT2D eigenvalue weighted by Crippen LogP contribution is -2.32. The van der Waals surface area contributed by atoms with Crippen LogP contribution in [0.2, 0.25) is 0 Å². The predicted molar refractivity (Wildman–Crippen MR) is 52.7 cm³/mol. The highest BCUT2D eigenvalue weighted by atomic mass is 16.5. The zero-order valence-corrected chi connectivity index (χ0v) is 9.08. The van der Waals surface area contributed by atoms with Crippen LogP contribution in [0.15, 0.2) is 0 Å². The zero-order valence-electron chi connectivity index (χ0n) is 9.08. The number of hydrogen-bond acceptors (Lipinski definition) is 4. The van der Waals surface area contributed by atoms with Crippen molar-refractivity contribution in [2.75, 3.05) is 40.5 Å². The summed E-state index contributed by atoms with van der Waals surface area (Å²) in [6, 6.07) is 0. The van der Waals surface area contributed by atoms with Gasteiger partial charge in [0, 0.05) is 13.1 Å². The van der Waals surface area contributed by atoms with Gasteiger partial charge in [-0.25, -0.2) is 0 Å². The van der Waals surface area contributed by atoms with Gasteiger partial charge in [-0.3, -0.25) is 4.79 Å². The van der Waals surface area contributed by atoms with E-state index in [1.165, 1.54) is 7.11 Å². The summed E-state index contributed by atoms with van der Waals surface area (Å²) in [5.41, 5.74) is 0. The summed E-state index contributed by atoms with van der Waals surface area (Å²) in [5, 5.41) is 0. The van der Waals surface area contributed by atoms with E-state index in [4.69, 9.17) is 9.53 Å². The average Bonchev–Trinajstić information content (AvgIpc) is 2.22. The van der Waals surface area contributed by atoms with Crippen molar-refractivity contribution in [1.29, 1.82) is 0 Å². The number of hydrogen-bond donors (Lipinski definition) is 0. The predicted octanol–water partition coefficient (Wildman–Crippen LogP) is 0.764. The number of carbonyl (C=O) groups is 1. The molecule has 13 heavy (non-hydrogen) atoms. The third kappa shape index (κ3) is 14.3. The molecule has 0 unspecified atom stereocenters. The van der Waals surface area contributed by atoms with E-state index in [0.717, 1.165) is 26.3 Å². The molecule has 4 nitrogen and oxygen atoms in total. The van der Waals surface area contributed by atoms with Crippen LogP contribution in [-0.2, 0) is 14.3 Å². The number of methoxy groups -OCH3 is 1. The molecule has 1 rings (SSSR count). The van der Waals surface area contributed by atoms with Crippen molar-refractivity contribution in [2.45, 2.75) is 13.8 Å². The molecule has 0 aromatic carbocycles. The van der Waals surface area contributed by atoms with Crippen LogP contribution in [0.1, 0.15) is 13.8 Å². The average molecular weight is 191 g/mol. The second-order valence-corrected chi connectivity index (χ2v) is 2.25. The Hall–Kier alpha value is -0.610. The highest BCUT2D eigenvalue weighted by molar-refractivity contribution is 5.36. The van der Waals surface area contributed by atoms with Crippen LogP contribution in [0.5, 0.6) is 0 Å². The fraction of sp³-hybridized carbons (Fsp3) is 0.889. The smallest absolute Gasteiger partial charge is 0.292 e. The van der Waals surface area contributed by atoms with E-state index in [9.17, 15) is 0 Å². The van der Waals surface area contributed by atoms with Crippen LogP contribution in [0.4, 0.5) is 0 Å². The van der Waals surface area contributed by atoms with Crippen molar-refractivity contribution in [3.63, 3.8) is 0 Å². The van der Waals surface area contributed by atoms with E-state index in [1.54, 1.807) is 0 Å². The van der Waals surface area contributed by atoms with Crippen molar-refractivity contribution in [3.05, 3.63) is 0 Å². The molecule has 0 N–H and O–H groups in total. The summed E-state index contributed by atoms with van der Waals surface area (Å²) in [5.74, 6) is 0. The number of carbonyl (C=O) groups excluding carboxylic acids is 1. The number of likely N-dealkylation sites (N-methyl/N-ethyl adjacent to an activating group) is 1. The second kappa shape index (κ2) is 13.9. The topological polar surface area (TPSA) is 38.8 Å². The molecule has 0 amide bonds. The Labute approximate surface area is 80.8 Å². The number of ether oxygens (including phenoxy) is 2. The molecule has 80 valence electrons. The highest BCUT2D eigenvalue weighted by Gasteiger charge is 2.02. The Morgan fingerprint density at radius 2 is 1.69 bits per heavy atom. The van der Waals surface area contributed by atoms with Crippen LogP contribution >= 0.6 is 0 Å². The number of nitrogens with zero attached hydrogens (tertiary/aromatic N) is 1. The van der Waals surface area contributed by atoms with Gasteiger partial charge in [0.05, 0.1) is 20.3 Å². The first-order valence-electron chi connectivity index (χ1n) is 4.54. The first-order chi connectivity index (χ1) is 6.31. The van der Waals surface area contributed by atoms with Crippen molar-refractivity contribution >= 4 is 6.47 Å². The summed E-state index contributed by atoms with van der Waals surface area (Å²) >= 11 is 0. The van der Waals surface area contributed by atoms with Crippen LogP contribution < -0.4 is 0 Å². The molecular formula is C9H21NO3. The molecule has 1 fully saturated rings. The fourth-order valence-electron chi connectivity index (χ4n) is 0.655. The van der Waals surface area contributed by atoms with Gasteiger partial charge < -0.3 is 14.4 Å². The van der Waals surface area contributed by atoms with Crippen molar-refractivity contribution < 1.29 is 14.3 Å². The molecule has 0 saturated carbocycles. The quantitative estimate of drug-likeness (QED) is 0.574. The van der Waals surface area contributed by atoms with Gasteiger partial charge in [-0.15, -0.1) is 0 Å². The van der Waals surface area contributed by atoms with E-state index in [-0.39, 0.29) is 0 Å². The minimum Gasteiger partial charge on any atom is -0.471 e. The lowest BCUT2D eigenvalue weighted by Gasteiger charge is -2.21. The lowest BCUT2D eigenvalue weighted by atomic mass is 10.5. The van der Waals surface area contributed by atoms with Crippen molar-refractivity contribution in [3.8, 4) is 0 Å². The Morgan fingerprint density at radius 3 is 1.85 bits per heavy atom. The number of morpholine rings is 1. The van der Waals surface area contributed by atoms with E-state index in [2.05, 4.69) is 16.7 Å².